The van der Waals surface area contributed by atoms with Crippen molar-refractivity contribution in [3.05, 3.63) is 76.9 Å². The topological polar surface area (TPSA) is 64.6 Å². The first kappa shape index (κ1) is 19.2. The Kier molecular flexibility index (Phi) is 7.43. The van der Waals surface area contributed by atoms with Crippen molar-refractivity contribution in [3.63, 3.8) is 0 Å². The Bertz CT molecular complexity index is 769. The number of amides is 1. The summed E-state index contributed by atoms with van der Waals surface area (Å²) in [6, 6.07) is 15.0. The summed E-state index contributed by atoms with van der Waals surface area (Å²) in [7, 11) is 1.37. The molecule has 26 heavy (non-hydrogen) atoms. The van der Waals surface area contributed by atoms with Gasteiger partial charge in [-0.3, -0.25) is 0 Å². The van der Waals surface area contributed by atoms with Crippen LogP contribution in [-0.4, -0.2) is 25.7 Å². The van der Waals surface area contributed by atoms with Crippen molar-refractivity contribution >= 4 is 18.1 Å². The molecule has 0 aliphatic rings. The van der Waals surface area contributed by atoms with Gasteiger partial charge >= 0.3 is 12.1 Å². The van der Waals surface area contributed by atoms with Gasteiger partial charge in [-0.15, -0.1) is 0 Å². The SMILES string of the molecule is COC(=O)c1cccc(C=CCCNC(=O)OCc2ccccc2)c1C. The van der Waals surface area contributed by atoms with Crippen LogP contribution in [0.2, 0.25) is 0 Å². The number of carbonyl (C=O) groups excluding carboxylic acids is 2. The van der Waals surface area contributed by atoms with Gasteiger partial charge in [0, 0.05) is 6.54 Å². The predicted octanol–water partition coefficient (Wildman–Crippen LogP) is 4.11. The van der Waals surface area contributed by atoms with Gasteiger partial charge in [0.05, 0.1) is 12.7 Å². The van der Waals surface area contributed by atoms with Gasteiger partial charge in [0.25, 0.3) is 0 Å². The molecule has 0 unspecified atom stereocenters. The van der Waals surface area contributed by atoms with Gasteiger partial charge in [-0.2, -0.15) is 0 Å². The van der Waals surface area contributed by atoms with Gasteiger partial charge in [-0.05, 0) is 36.1 Å². The summed E-state index contributed by atoms with van der Waals surface area (Å²) in [5, 5.41) is 2.71. The minimum Gasteiger partial charge on any atom is -0.465 e. The lowest BCUT2D eigenvalue weighted by Gasteiger charge is -2.07. The molecule has 0 aliphatic heterocycles. The molecule has 0 spiro atoms. The van der Waals surface area contributed by atoms with E-state index in [1.54, 1.807) is 6.07 Å². The summed E-state index contributed by atoms with van der Waals surface area (Å²) in [4.78, 5) is 23.3. The minimum absolute atomic E-state index is 0.252. The first-order valence-electron chi connectivity index (χ1n) is 8.41. The predicted molar refractivity (Wildman–Crippen MR) is 101 cm³/mol. The van der Waals surface area contributed by atoms with E-state index < -0.39 is 6.09 Å². The zero-order chi connectivity index (χ0) is 18.8. The highest BCUT2D eigenvalue weighted by Crippen LogP contribution is 2.16. The molecule has 5 nitrogen and oxygen atoms in total. The molecule has 0 radical (unpaired) electrons. The summed E-state index contributed by atoms with van der Waals surface area (Å²) in [6.07, 6.45) is 4.09. The lowest BCUT2D eigenvalue weighted by atomic mass is 10.0. The van der Waals surface area contributed by atoms with Crippen LogP contribution in [0, 0.1) is 6.92 Å². The van der Waals surface area contributed by atoms with Gasteiger partial charge in [-0.25, -0.2) is 9.59 Å². The van der Waals surface area contributed by atoms with Crippen LogP contribution in [-0.2, 0) is 16.1 Å². The summed E-state index contributed by atoms with van der Waals surface area (Å²) in [6.45, 7) is 2.60. The van der Waals surface area contributed by atoms with Crippen molar-refractivity contribution in [1.82, 2.24) is 5.32 Å². The number of ether oxygens (including phenoxy) is 2. The molecule has 5 heteroatoms. The molecule has 0 bridgehead atoms. The second-order valence-corrected chi connectivity index (χ2v) is 5.69. The third-order valence-corrected chi connectivity index (χ3v) is 3.87. The van der Waals surface area contributed by atoms with Gasteiger partial charge in [0.1, 0.15) is 6.61 Å². The summed E-state index contributed by atoms with van der Waals surface area (Å²) in [5.74, 6) is -0.347. The van der Waals surface area contributed by atoms with Crippen LogP contribution in [0.15, 0.2) is 54.6 Å². The van der Waals surface area contributed by atoms with Gasteiger partial charge in [-0.1, -0.05) is 54.6 Å². The molecule has 0 heterocycles. The van der Waals surface area contributed by atoms with Crippen LogP contribution < -0.4 is 5.32 Å². The Morgan fingerprint density at radius 3 is 2.58 bits per heavy atom. The number of esters is 1. The second kappa shape index (κ2) is 10.0. The van der Waals surface area contributed by atoms with Crippen LogP contribution in [0.5, 0.6) is 0 Å². The fourth-order valence-corrected chi connectivity index (χ4v) is 2.41. The maximum atomic E-state index is 11.7. The van der Waals surface area contributed by atoms with Crippen LogP contribution in [0.3, 0.4) is 0 Å². The van der Waals surface area contributed by atoms with E-state index in [0.29, 0.717) is 18.5 Å². The molecule has 0 saturated carbocycles. The van der Waals surface area contributed by atoms with E-state index in [4.69, 9.17) is 9.47 Å². The first-order valence-corrected chi connectivity index (χ1v) is 8.41. The van der Waals surface area contributed by atoms with Gasteiger partial charge < -0.3 is 14.8 Å². The fraction of sp³-hybridized carbons (Fsp3) is 0.238. The molecule has 2 aromatic carbocycles. The Balaban J connectivity index is 1.75. The molecule has 2 aromatic rings. The van der Waals surface area contributed by atoms with Crippen LogP contribution in [0.4, 0.5) is 4.79 Å². The highest BCUT2D eigenvalue weighted by Gasteiger charge is 2.10. The number of hydrogen-bond acceptors (Lipinski definition) is 4. The zero-order valence-electron chi connectivity index (χ0n) is 15.0. The molecule has 0 aromatic heterocycles. The van der Waals surface area contributed by atoms with Crippen LogP contribution in [0.25, 0.3) is 6.08 Å². The van der Waals surface area contributed by atoms with Crippen LogP contribution in [0.1, 0.15) is 33.5 Å². The molecule has 2 rings (SSSR count). The Morgan fingerprint density at radius 2 is 1.85 bits per heavy atom. The molecule has 1 N–H and O–H groups in total. The zero-order valence-corrected chi connectivity index (χ0v) is 15.0. The van der Waals surface area contributed by atoms with E-state index in [1.165, 1.54) is 7.11 Å². The van der Waals surface area contributed by atoms with E-state index >= 15 is 0 Å². The number of benzene rings is 2. The molecule has 0 atom stereocenters. The monoisotopic (exact) mass is 353 g/mol. The molecular weight excluding hydrogens is 330 g/mol. The molecule has 136 valence electrons. The third kappa shape index (κ3) is 5.77. The number of carbonyl (C=O) groups is 2. The number of hydrogen-bond donors (Lipinski definition) is 1. The molecular formula is C21H23NO4. The summed E-state index contributed by atoms with van der Waals surface area (Å²) >= 11 is 0. The number of methoxy groups -OCH3 is 1. The largest absolute Gasteiger partial charge is 0.465 e. The quantitative estimate of drug-likeness (QED) is 0.601. The molecule has 0 fully saturated rings. The lowest BCUT2D eigenvalue weighted by molar-refractivity contribution is 0.0600. The average Bonchev–Trinajstić information content (AvgIpc) is 2.67. The number of alkyl carbamates (subject to hydrolysis) is 1. The lowest BCUT2D eigenvalue weighted by Crippen LogP contribution is -2.24. The molecule has 0 saturated heterocycles. The Hall–Kier alpha value is -3.08. The van der Waals surface area contributed by atoms with E-state index in [1.807, 2.05) is 61.5 Å². The van der Waals surface area contributed by atoms with E-state index in [9.17, 15) is 9.59 Å². The van der Waals surface area contributed by atoms with Crippen molar-refractivity contribution in [2.45, 2.75) is 20.0 Å². The highest BCUT2D eigenvalue weighted by atomic mass is 16.5. The van der Waals surface area contributed by atoms with Crippen molar-refractivity contribution in [1.29, 1.82) is 0 Å². The third-order valence-electron chi connectivity index (χ3n) is 3.87. The minimum atomic E-state index is -0.439. The van der Waals surface area contributed by atoms with Crippen molar-refractivity contribution in [2.75, 3.05) is 13.7 Å². The van der Waals surface area contributed by atoms with Crippen molar-refractivity contribution in [3.8, 4) is 0 Å². The Morgan fingerprint density at radius 1 is 1.08 bits per heavy atom. The molecule has 1 amide bonds. The van der Waals surface area contributed by atoms with E-state index in [0.717, 1.165) is 16.7 Å². The Labute approximate surface area is 153 Å². The molecule has 0 aliphatic carbocycles. The van der Waals surface area contributed by atoms with Gasteiger partial charge in [0.15, 0.2) is 0 Å². The summed E-state index contributed by atoms with van der Waals surface area (Å²) in [5.41, 5.74) is 3.31. The summed E-state index contributed by atoms with van der Waals surface area (Å²) < 4.78 is 9.91. The van der Waals surface area contributed by atoms with E-state index in [-0.39, 0.29) is 12.6 Å². The second-order valence-electron chi connectivity index (χ2n) is 5.69. The average molecular weight is 353 g/mol. The van der Waals surface area contributed by atoms with Crippen molar-refractivity contribution < 1.29 is 19.1 Å². The standard InChI is InChI=1S/C21H23NO4/c1-16-18(12-8-13-19(16)20(23)25-2)11-6-7-14-22-21(24)26-15-17-9-4-3-5-10-17/h3-6,8-13H,7,14-15H2,1-2H3,(H,22,24). The highest BCUT2D eigenvalue weighted by molar-refractivity contribution is 5.92. The maximum absolute atomic E-state index is 11.7. The van der Waals surface area contributed by atoms with Crippen LogP contribution >= 0.6 is 0 Å². The fourth-order valence-electron chi connectivity index (χ4n) is 2.41. The first-order chi connectivity index (χ1) is 12.6. The smallest absolute Gasteiger partial charge is 0.407 e. The normalized spacial score (nSPS) is 10.5. The number of rotatable bonds is 7. The van der Waals surface area contributed by atoms with Crippen molar-refractivity contribution in [2.24, 2.45) is 0 Å². The van der Waals surface area contributed by atoms with Gasteiger partial charge in [0.2, 0.25) is 0 Å². The maximum Gasteiger partial charge on any atom is 0.407 e. The number of nitrogens with one attached hydrogen (secondary N) is 1. The van der Waals surface area contributed by atoms with E-state index in [2.05, 4.69) is 5.32 Å².